The van der Waals surface area contributed by atoms with Gasteiger partial charge in [-0.15, -0.1) is 0 Å². The Kier molecular flexibility index (Phi) is 23.5. The maximum Gasteiger partial charge on any atom is 0.248 e. The lowest BCUT2D eigenvalue weighted by molar-refractivity contribution is -0.147. The molecule has 7 amide bonds. The molecule has 3 fully saturated rings. The van der Waals surface area contributed by atoms with E-state index in [1.165, 1.54) is 56.9 Å². The number of aromatic hydroxyl groups is 1. The van der Waals surface area contributed by atoms with Gasteiger partial charge in [0.1, 0.15) is 54.2 Å². The summed E-state index contributed by atoms with van der Waals surface area (Å²) in [5.41, 5.74) is 5.98. The molecular formula is C49H80N8O15. The van der Waals surface area contributed by atoms with Crippen molar-refractivity contribution in [1.29, 1.82) is 0 Å². The molecule has 0 radical (unpaired) electrons. The fourth-order valence-electron chi connectivity index (χ4n) is 9.46. The molecule has 23 nitrogen and oxygen atoms in total. The van der Waals surface area contributed by atoms with Crippen molar-refractivity contribution in [2.45, 2.75) is 190 Å². The number of carbonyl (C=O) groups excluding carboxylic acids is 7. The van der Waals surface area contributed by atoms with Gasteiger partial charge >= 0.3 is 0 Å². The maximum atomic E-state index is 14.3. The molecule has 3 heterocycles. The van der Waals surface area contributed by atoms with Crippen LogP contribution in [0.4, 0.5) is 0 Å². The monoisotopic (exact) mass is 1020 g/mol. The lowest BCUT2D eigenvalue weighted by atomic mass is 9.97. The largest absolute Gasteiger partial charge is 0.508 e. The molecule has 0 spiro atoms. The molecule has 6 unspecified atom stereocenters. The van der Waals surface area contributed by atoms with E-state index in [9.17, 15) is 74.4 Å². The van der Waals surface area contributed by atoms with Crippen molar-refractivity contribution in [2.75, 3.05) is 26.2 Å². The summed E-state index contributed by atoms with van der Waals surface area (Å²) in [6.07, 6.45) is -1.57. The number of nitrogens with one attached hydrogen (secondary N) is 5. The summed E-state index contributed by atoms with van der Waals surface area (Å²) >= 11 is 0. The normalized spacial score (nSPS) is 29.9. The lowest BCUT2D eigenvalue weighted by Gasteiger charge is -2.33. The number of carbonyl (C=O) groups is 7. The van der Waals surface area contributed by atoms with Crippen LogP contribution in [0.1, 0.15) is 123 Å². The summed E-state index contributed by atoms with van der Waals surface area (Å²) in [5.74, 6) is -7.68. The zero-order chi connectivity index (χ0) is 53.4. The Morgan fingerprint density at radius 1 is 0.764 bits per heavy atom. The number of benzene rings is 1. The van der Waals surface area contributed by atoms with E-state index < -0.39 is 159 Å². The Balaban J connectivity index is 1.67. The van der Waals surface area contributed by atoms with Gasteiger partial charge in [0.2, 0.25) is 41.4 Å². The Morgan fingerprint density at radius 3 is 1.97 bits per heavy atom. The van der Waals surface area contributed by atoms with Gasteiger partial charge in [-0.2, -0.15) is 0 Å². The molecule has 15 atom stereocenters. The van der Waals surface area contributed by atoms with Crippen LogP contribution in [0.25, 0.3) is 0 Å². The summed E-state index contributed by atoms with van der Waals surface area (Å²) in [6, 6.07) is -7.52. The molecule has 0 aliphatic carbocycles. The van der Waals surface area contributed by atoms with Crippen LogP contribution < -0.4 is 32.3 Å². The van der Waals surface area contributed by atoms with Crippen LogP contribution in [0.15, 0.2) is 24.3 Å². The number of amides is 7. The van der Waals surface area contributed by atoms with E-state index in [1.54, 1.807) is 0 Å². The van der Waals surface area contributed by atoms with Gasteiger partial charge in [0.15, 0.2) is 0 Å². The van der Waals surface area contributed by atoms with Crippen molar-refractivity contribution in [3.63, 3.8) is 0 Å². The molecule has 0 bridgehead atoms. The first-order valence-corrected chi connectivity index (χ1v) is 25.4. The summed E-state index contributed by atoms with van der Waals surface area (Å²) in [7, 11) is 0. The highest BCUT2D eigenvalue weighted by molar-refractivity contribution is 5.98. The molecule has 15 N–H and O–H groups in total. The van der Waals surface area contributed by atoms with Crippen LogP contribution in [0, 0.1) is 11.8 Å². The van der Waals surface area contributed by atoms with E-state index in [2.05, 4.69) is 40.4 Å². The Hall–Kier alpha value is -5.01. The van der Waals surface area contributed by atoms with Gasteiger partial charge in [-0.1, -0.05) is 90.7 Å². The number of hydrogen-bond acceptors (Lipinski definition) is 16. The molecule has 72 heavy (non-hydrogen) atoms. The summed E-state index contributed by atoms with van der Waals surface area (Å²) in [6.45, 7) is 4.72. The quantitative estimate of drug-likeness (QED) is 0.0633. The molecule has 0 aromatic heterocycles. The first-order valence-electron chi connectivity index (χ1n) is 25.4. The van der Waals surface area contributed by atoms with E-state index in [1.807, 2.05) is 0 Å². The van der Waals surface area contributed by atoms with Gasteiger partial charge in [0.25, 0.3) is 0 Å². The predicted octanol–water partition coefficient (Wildman–Crippen LogP) is -2.58. The van der Waals surface area contributed by atoms with Crippen molar-refractivity contribution in [1.82, 2.24) is 36.4 Å². The Labute approximate surface area is 420 Å². The average Bonchev–Trinajstić information content (AvgIpc) is 3.89. The van der Waals surface area contributed by atoms with Crippen molar-refractivity contribution < 1.29 is 74.4 Å². The van der Waals surface area contributed by atoms with Crippen LogP contribution >= 0.6 is 0 Å². The van der Waals surface area contributed by atoms with Crippen molar-refractivity contribution >= 4 is 41.4 Å². The predicted molar refractivity (Wildman–Crippen MR) is 260 cm³/mol. The summed E-state index contributed by atoms with van der Waals surface area (Å²) in [5, 5.41) is 99.7. The maximum absolute atomic E-state index is 14.3. The van der Waals surface area contributed by atoms with Crippen LogP contribution in [0.5, 0.6) is 5.75 Å². The third-order valence-electron chi connectivity index (χ3n) is 14.2. The number of aliphatic hydroxyl groups excluding tert-OH is 7. The summed E-state index contributed by atoms with van der Waals surface area (Å²) in [4.78, 5) is 100. The van der Waals surface area contributed by atoms with Gasteiger partial charge in [-0.3, -0.25) is 33.6 Å². The number of unbranched alkanes of at least 4 members (excludes halogenated alkanes) is 7. The number of phenols is 1. The standard InChI is InChI=1S/C49H80N8O15/c1-5-26(2)14-12-10-8-6-7-9-11-13-15-37(63)51-32-21-36(62)33(22-50)52-47(70)40-41(64)27(3)23-57(40)48(71)34(25-58)53-46(69)39(43(66)42(65)29-16-18-30(60)19-17-29)55-45(68)35-20-31(61)24-56(35)49(72)38(28(4)59)54-44(32)67/h16-19,26-28,31-36,38-43,58-62,64-66H,5-15,20-25,50H2,1-4H3,(H,51,63)(H,52,70)(H,53,69)(H,54,67)(H,55,68)/t26?,27-,28?,31+,32+,33?,34?,35-,36+,38?,39?,40-,41-,42+,43+/m0/s1. The number of rotatable bonds is 19. The van der Waals surface area contributed by atoms with Gasteiger partial charge in [0, 0.05) is 44.8 Å². The van der Waals surface area contributed by atoms with Crippen molar-refractivity contribution in [2.24, 2.45) is 17.6 Å². The second kappa shape index (κ2) is 28.4. The molecule has 23 heteroatoms. The van der Waals surface area contributed by atoms with Crippen LogP contribution in [-0.2, 0) is 33.6 Å². The molecule has 3 aliphatic heterocycles. The third kappa shape index (κ3) is 16.2. The average molecular weight is 1020 g/mol. The number of nitrogens with zero attached hydrogens (tertiary/aromatic N) is 2. The third-order valence-corrected chi connectivity index (χ3v) is 14.2. The van der Waals surface area contributed by atoms with Crippen LogP contribution in [0.2, 0.25) is 0 Å². The molecular weight excluding hydrogens is 941 g/mol. The SMILES string of the molecule is CCC(C)CCCCCCCCCCC(=O)N[C@@H]1C[C@@H](O)C(CN)NC(=O)[C@@H]2[C@@H](O)[C@@H](C)CN2C(=O)C(CO)NC(=O)C([C@@H](O)[C@H](O)c2ccc(O)cc2)NC(=O)[C@@H]2C[C@@H](O)CN2C(=O)C(C(C)O)NC1=O. The Bertz CT molecular complexity index is 1960. The minimum atomic E-state index is -2.24. The van der Waals surface area contributed by atoms with Crippen molar-refractivity contribution in [3.05, 3.63) is 29.8 Å². The lowest BCUT2D eigenvalue weighted by Crippen LogP contribution is -2.63. The van der Waals surface area contributed by atoms with Gasteiger partial charge < -0.3 is 83.0 Å². The minimum Gasteiger partial charge on any atom is -0.508 e. The van der Waals surface area contributed by atoms with E-state index in [-0.39, 0.29) is 24.3 Å². The minimum absolute atomic E-state index is 0.0114. The molecule has 406 valence electrons. The van der Waals surface area contributed by atoms with Crippen LogP contribution in [0.3, 0.4) is 0 Å². The van der Waals surface area contributed by atoms with E-state index in [0.717, 1.165) is 54.7 Å². The fraction of sp³-hybridized carbons (Fsp3) is 0.735. The number of fused-ring (bicyclic) bond motifs is 2. The first kappa shape index (κ1) is 59.6. The fourth-order valence-corrected chi connectivity index (χ4v) is 9.46. The van der Waals surface area contributed by atoms with Crippen molar-refractivity contribution in [3.8, 4) is 5.75 Å². The number of nitrogens with two attached hydrogens (primary N) is 1. The Morgan fingerprint density at radius 2 is 1.38 bits per heavy atom. The zero-order valence-corrected chi connectivity index (χ0v) is 41.9. The molecule has 3 aliphatic rings. The summed E-state index contributed by atoms with van der Waals surface area (Å²) < 4.78 is 0. The second-order valence-electron chi connectivity index (χ2n) is 19.9. The van der Waals surface area contributed by atoms with E-state index in [4.69, 9.17) is 5.73 Å². The first-order chi connectivity index (χ1) is 34.1. The molecule has 1 aromatic rings. The van der Waals surface area contributed by atoms with Gasteiger partial charge in [-0.25, -0.2) is 0 Å². The van der Waals surface area contributed by atoms with Gasteiger partial charge in [0.05, 0.1) is 37.1 Å². The van der Waals surface area contributed by atoms with Crippen LogP contribution in [-0.4, -0.2) is 191 Å². The van der Waals surface area contributed by atoms with Gasteiger partial charge in [-0.05, 0) is 37.0 Å². The van der Waals surface area contributed by atoms with E-state index in [0.29, 0.717) is 6.42 Å². The second-order valence-corrected chi connectivity index (χ2v) is 19.9. The highest BCUT2D eigenvalue weighted by atomic mass is 16.3. The topological polar surface area (TPSA) is 374 Å². The molecule has 0 saturated carbocycles. The molecule has 4 rings (SSSR count). The highest BCUT2D eigenvalue weighted by Gasteiger charge is 2.49. The molecule has 3 saturated heterocycles. The number of hydrogen-bond donors (Lipinski definition) is 14. The number of phenolic OH excluding ortho intramolecular Hbond substituents is 1. The van der Waals surface area contributed by atoms with E-state index >= 15 is 0 Å². The smallest absolute Gasteiger partial charge is 0.248 e. The molecule has 1 aromatic carbocycles. The highest BCUT2D eigenvalue weighted by Crippen LogP contribution is 2.27. The number of aliphatic hydroxyl groups is 7. The zero-order valence-electron chi connectivity index (χ0n) is 41.9.